The van der Waals surface area contributed by atoms with Crippen molar-refractivity contribution in [3.8, 4) is 0 Å². The van der Waals surface area contributed by atoms with Crippen molar-refractivity contribution >= 4 is 0 Å². The van der Waals surface area contributed by atoms with E-state index in [-0.39, 0.29) is 0 Å². The molecule has 0 saturated heterocycles. The minimum absolute atomic E-state index is 0.566. The molecule has 4 aliphatic carbocycles. The van der Waals surface area contributed by atoms with E-state index in [4.69, 9.17) is 0 Å². The Morgan fingerprint density at radius 3 is 2.44 bits per heavy atom. The Morgan fingerprint density at radius 2 is 1.67 bits per heavy atom. The van der Waals surface area contributed by atoms with Crippen LogP contribution in [0.25, 0.3) is 0 Å². The van der Waals surface area contributed by atoms with Crippen molar-refractivity contribution in [2.24, 2.45) is 52.3 Å². The maximum Gasteiger partial charge on any atom is -0.0142 e. The van der Waals surface area contributed by atoms with Crippen molar-refractivity contribution in [3.05, 3.63) is 12.2 Å². The van der Waals surface area contributed by atoms with Gasteiger partial charge in [-0.1, -0.05) is 78.9 Å². The van der Waals surface area contributed by atoms with E-state index in [1.807, 2.05) is 0 Å². The average molecular weight is 371 g/mol. The Balaban J connectivity index is 1.47. The zero-order valence-electron chi connectivity index (χ0n) is 19.0. The quantitative estimate of drug-likeness (QED) is 0.427. The first kappa shape index (κ1) is 20.0. The van der Waals surface area contributed by atoms with Crippen LogP contribution in [0.15, 0.2) is 12.2 Å². The van der Waals surface area contributed by atoms with E-state index in [1.165, 1.54) is 70.6 Å². The predicted octanol–water partition coefficient (Wildman–Crippen LogP) is 8.27. The van der Waals surface area contributed by atoms with E-state index in [2.05, 4.69) is 46.8 Å². The first-order chi connectivity index (χ1) is 12.9. The topological polar surface area (TPSA) is 0 Å². The van der Waals surface area contributed by atoms with Crippen LogP contribution in [0.5, 0.6) is 0 Å². The molecule has 0 heterocycles. The molecule has 0 spiro atoms. The van der Waals surface area contributed by atoms with E-state index in [0.29, 0.717) is 10.8 Å². The Kier molecular flexibility index (Phi) is 5.59. The molecule has 0 N–H and O–H groups in total. The zero-order valence-corrected chi connectivity index (χ0v) is 19.0. The van der Waals surface area contributed by atoms with Crippen LogP contribution in [0.1, 0.15) is 105 Å². The van der Waals surface area contributed by atoms with Crippen molar-refractivity contribution < 1.29 is 0 Å². The monoisotopic (exact) mass is 370 g/mol. The summed E-state index contributed by atoms with van der Waals surface area (Å²) in [6.07, 6.45) is 21.9. The lowest BCUT2D eigenvalue weighted by Crippen LogP contribution is -2.53. The largest absolute Gasteiger partial charge is 0.0843 e. The zero-order chi connectivity index (χ0) is 19.2. The predicted molar refractivity (Wildman–Crippen MR) is 118 cm³/mol. The molecule has 3 saturated carbocycles. The van der Waals surface area contributed by atoms with Gasteiger partial charge in [-0.25, -0.2) is 0 Å². The number of rotatable bonds is 5. The van der Waals surface area contributed by atoms with Gasteiger partial charge in [-0.2, -0.15) is 0 Å². The molecular weight excluding hydrogens is 324 g/mol. The van der Waals surface area contributed by atoms with Crippen LogP contribution in [0.3, 0.4) is 0 Å². The molecule has 0 amide bonds. The fourth-order valence-electron chi connectivity index (χ4n) is 8.65. The van der Waals surface area contributed by atoms with Crippen molar-refractivity contribution in [1.29, 1.82) is 0 Å². The second-order valence-electron chi connectivity index (χ2n) is 12.1. The fourth-order valence-corrected chi connectivity index (χ4v) is 8.65. The van der Waals surface area contributed by atoms with Gasteiger partial charge in [0.15, 0.2) is 0 Å². The summed E-state index contributed by atoms with van der Waals surface area (Å²) in [6, 6.07) is 0. The molecule has 0 aromatic heterocycles. The molecule has 3 fully saturated rings. The summed E-state index contributed by atoms with van der Waals surface area (Å²) in [5, 5.41) is 0. The van der Waals surface area contributed by atoms with Crippen LogP contribution in [0, 0.1) is 52.3 Å². The van der Waals surface area contributed by atoms with E-state index in [9.17, 15) is 0 Å². The van der Waals surface area contributed by atoms with Gasteiger partial charge in [-0.3, -0.25) is 0 Å². The number of allylic oxidation sites excluding steroid dienone is 2. The molecule has 0 aliphatic heterocycles. The average Bonchev–Trinajstić information content (AvgIpc) is 2.98. The SMILES string of the molecule is CC(C)CCC[C@@H](C)[C@H]1C=C[C@H]2[C@@H]3CCC4CCCC[C@]4(C)[C@H]3CC[C@]12C. The molecule has 0 radical (unpaired) electrons. The highest BCUT2D eigenvalue weighted by atomic mass is 14.6. The van der Waals surface area contributed by atoms with Crippen LogP contribution >= 0.6 is 0 Å². The highest BCUT2D eigenvalue weighted by molar-refractivity contribution is 5.19. The molecule has 4 aliphatic rings. The smallest absolute Gasteiger partial charge is 0.0142 e. The Hall–Kier alpha value is -0.260. The lowest BCUT2D eigenvalue weighted by Gasteiger charge is -2.60. The van der Waals surface area contributed by atoms with Crippen LogP contribution in [0.4, 0.5) is 0 Å². The maximum atomic E-state index is 2.73. The second kappa shape index (κ2) is 7.53. The van der Waals surface area contributed by atoms with Crippen LogP contribution < -0.4 is 0 Å². The van der Waals surface area contributed by atoms with Crippen LogP contribution in [-0.4, -0.2) is 0 Å². The van der Waals surface area contributed by atoms with E-state index >= 15 is 0 Å². The summed E-state index contributed by atoms with van der Waals surface area (Å²) in [5.41, 5.74) is 1.24. The molecule has 1 unspecified atom stereocenters. The van der Waals surface area contributed by atoms with E-state index in [0.717, 1.165) is 41.4 Å². The van der Waals surface area contributed by atoms with Crippen molar-refractivity contribution in [1.82, 2.24) is 0 Å². The third-order valence-electron chi connectivity index (χ3n) is 10.2. The first-order valence-corrected chi connectivity index (χ1v) is 12.5. The Bertz CT molecular complexity index is 544. The van der Waals surface area contributed by atoms with E-state index < -0.39 is 0 Å². The number of hydrogen-bond acceptors (Lipinski definition) is 0. The van der Waals surface area contributed by atoms with Crippen LogP contribution in [-0.2, 0) is 0 Å². The summed E-state index contributed by atoms with van der Waals surface area (Å²) in [5.74, 6) is 6.52. The van der Waals surface area contributed by atoms with Gasteiger partial charge in [0.05, 0.1) is 0 Å². The van der Waals surface area contributed by atoms with Gasteiger partial charge in [-0.15, -0.1) is 0 Å². The number of fused-ring (bicyclic) bond motifs is 5. The van der Waals surface area contributed by atoms with Gasteiger partial charge in [0.2, 0.25) is 0 Å². The summed E-state index contributed by atoms with van der Waals surface area (Å²) < 4.78 is 0. The summed E-state index contributed by atoms with van der Waals surface area (Å²) >= 11 is 0. The molecule has 0 nitrogen and oxygen atoms in total. The standard InChI is InChI=1S/C27H46/c1-19(2)9-8-10-20(3)23-14-15-24-22-13-12-21-11-6-7-17-26(21,4)25(22)16-18-27(23,24)5/h14-15,19-25H,6-13,16-18H2,1-5H3/t20-,21?,22+,23-,24+,25+,26+,27-/m1/s1. The fraction of sp³-hybridized carbons (Fsp3) is 0.926. The molecule has 0 aromatic carbocycles. The van der Waals surface area contributed by atoms with E-state index in [1.54, 1.807) is 0 Å². The minimum Gasteiger partial charge on any atom is -0.0843 e. The first-order valence-electron chi connectivity index (χ1n) is 12.5. The Labute approximate surface area is 170 Å². The molecular formula is C27H46. The normalized spacial score (nSPS) is 47.4. The number of hydrogen-bond donors (Lipinski definition) is 0. The molecule has 0 bridgehead atoms. The maximum absolute atomic E-state index is 2.73. The van der Waals surface area contributed by atoms with Gasteiger partial charge >= 0.3 is 0 Å². The molecule has 154 valence electrons. The summed E-state index contributed by atoms with van der Waals surface area (Å²) in [6.45, 7) is 12.7. The van der Waals surface area contributed by atoms with Crippen molar-refractivity contribution in [2.75, 3.05) is 0 Å². The highest BCUT2D eigenvalue weighted by Crippen LogP contribution is 2.66. The Morgan fingerprint density at radius 1 is 0.852 bits per heavy atom. The van der Waals surface area contributed by atoms with Crippen molar-refractivity contribution in [3.63, 3.8) is 0 Å². The lowest BCUT2D eigenvalue weighted by molar-refractivity contribution is -0.107. The lowest BCUT2D eigenvalue weighted by atomic mass is 9.44. The summed E-state index contributed by atoms with van der Waals surface area (Å²) in [4.78, 5) is 0. The second-order valence-corrected chi connectivity index (χ2v) is 12.1. The van der Waals surface area contributed by atoms with Gasteiger partial charge < -0.3 is 0 Å². The molecule has 0 aromatic rings. The third kappa shape index (κ3) is 3.36. The third-order valence-corrected chi connectivity index (χ3v) is 10.2. The molecule has 0 heteroatoms. The van der Waals surface area contributed by atoms with Gasteiger partial charge in [-0.05, 0) is 90.8 Å². The molecule has 8 atom stereocenters. The van der Waals surface area contributed by atoms with Crippen molar-refractivity contribution in [2.45, 2.75) is 105 Å². The molecule has 27 heavy (non-hydrogen) atoms. The molecule has 4 rings (SSSR count). The minimum atomic E-state index is 0.566. The van der Waals surface area contributed by atoms with Gasteiger partial charge in [0.1, 0.15) is 0 Å². The van der Waals surface area contributed by atoms with Gasteiger partial charge in [0.25, 0.3) is 0 Å². The van der Waals surface area contributed by atoms with Crippen LogP contribution in [0.2, 0.25) is 0 Å². The highest BCUT2D eigenvalue weighted by Gasteiger charge is 2.58. The summed E-state index contributed by atoms with van der Waals surface area (Å²) in [7, 11) is 0. The van der Waals surface area contributed by atoms with Gasteiger partial charge in [0, 0.05) is 0 Å².